The molecule has 6 nitrogen and oxygen atoms in total. The number of para-hydroxylation sites is 1. The van der Waals surface area contributed by atoms with Crippen molar-refractivity contribution in [3.63, 3.8) is 0 Å². The van der Waals surface area contributed by atoms with Gasteiger partial charge in [-0.2, -0.15) is 0 Å². The van der Waals surface area contributed by atoms with Gasteiger partial charge in [-0.3, -0.25) is 14.2 Å². The fraction of sp³-hybridized carbons (Fsp3) is 0.0690. The number of benzene rings is 4. The average molecular weight is 498 g/mol. The number of hydrogen-bond acceptors (Lipinski definition) is 3. The van der Waals surface area contributed by atoms with E-state index in [1.807, 2.05) is 0 Å². The Morgan fingerprint density at radius 3 is 2.19 bits per heavy atom. The van der Waals surface area contributed by atoms with Crippen LogP contribution in [0.4, 0.5) is 14.5 Å². The van der Waals surface area contributed by atoms with E-state index in [4.69, 9.17) is 0 Å². The zero-order valence-electron chi connectivity index (χ0n) is 19.5. The number of anilines is 1. The SMILES string of the molecule is O=C(Cc1ccc(-n2c(=O)c3ccccc3n(Cc3ccccc3F)c2=O)cc1)Nc1ccc(F)cc1. The molecule has 1 amide bonds. The molecule has 1 N–H and O–H groups in total. The van der Waals surface area contributed by atoms with Crippen LogP contribution in [0.5, 0.6) is 0 Å². The molecule has 184 valence electrons. The molecule has 0 aliphatic rings. The summed E-state index contributed by atoms with van der Waals surface area (Å²) in [6, 6.07) is 24.8. The molecule has 5 aromatic rings. The number of aromatic nitrogens is 2. The molecule has 0 aliphatic heterocycles. The zero-order chi connectivity index (χ0) is 25.9. The van der Waals surface area contributed by atoms with Crippen LogP contribution in [0.1, 0.15) is 11.1 Å². The van der Waals surface area contributed by atoms with E-state index < -0.39 is 22.9 Å². The lowest BCUT2D eigenvalue weighted by atomic mass is 10.1. The summed E-state index contributed by atoms with van der Waals surface area (Å²) in [5.74, 6) is -1.14. The van der Waals surface area contributed by atoms with Crippen molar-refractivity contribution < 1.29 is 13.6 Å². The van der Waals surface area contributed by atoms with Crippen LogP contribution in [0.2, 0.25) is 0 Å². The molecule has 8 heteroatoms. The van der Waals surface area contributed by atoms with Crippen LogP contribution in [0, 0.1) is 11.6 Å². The van der Waals surface area contributed by atoms with E-state index in [1.54, 1.807) is 66.7 Å². The lowest BCUT2D eigenvalue weighted by Crippen LogP contribution is -2.39. The molecule has 37 heavy (non-hydrogen) atoms. The Labute approximate surface area is 210 Å². The number of fused-ring (bicyclic) bond motifs is 1. The predicted octanol–water partition coefficient (Wildman–Crippen LogP) is 4.66. The fourth-order valence-electron chi connectivity index (χ4n) is 4.19. The quantitative estimate of drug-likeness (QED) is 0.371. The summed E-state index contributed by atoms with van der Waals surface area (Å²) in [5.41, 5.74) is 1.09. The lowest BCUT2D eigenvalue weighted by Gasteiger charge is -2.15. The van der Waals surface area contributed by atoms with Gasteiger partial charge in [0.05, 0.1) is 29.6 Å². The number of nitrogens with zero attached hydrogens (tertiary/aromatic N) is 2. The van der Waals surface area contributed by atoms with Crippen LogP contribution in [0.25, 0.3) is 16.6 Å². The van der Waals surface area contributed by atoms with Crippen molar-refractivity contribution in [2.75, 3.05) is 5.32 Å². The van der Waals surface area contributed by atoms with Crippen molar-refractivity contribution >= 4 is 22.5 Å². The molecule has 4 aromatic carbocycles. The summed E-state index contributed by atoms with van der Waals surface area (Å²) in [6.07, 6.45) is 0.0434. The second-order valence-electron chi connectivity index (χ2n) is 8.52. The number of carbonyl (C=O) groups excluding carboxylic acids is 1. The van der Waals surface area contributed by atoms with E-state index in [0.29, 0.717) is 33.4 Å². The third-order valence-corrected chi connectivity index (χ3v) is 6.02. The number of carbonyl (C=O) groups is 1. The average Bonchev–Trinajstić information content (AvgIpc) is 2.90. The van der Waals surface area contributed by atoms with E-state index in [0.717, 1.165) is 4.57 Å². The summed E-state index contributed by atoms with van der Waals surface area (Å²) in [6.45, 7) is -0.0477. The van der Waals surface area contributed by atoms with Crippen molar-refractivity contribution in [3.05, 3.63) is 141 Å². The molecule has 0 radical (unpaired) electrons. The molecule has 0 bridgehead atoms. The minimum atomic E-state index is -0.603. The summed E-state index contributed by atoms with van der Waals surface area (Å²) in [4.78, 5) is 39.2. The van der Waals surface area contributed by atoms with Gasteiger partial charge in [0.15, 0.2) is 0 Å². The van der Waals surface area contributed by atoms with Gasteiger partial charge in [-0.05, 0) is 60.2 Å². The van der Waals surface area contributed by atoms with Crippen LogP contribution < -0.4 is 16.6 Å². The maximum atomic E-state index is 14.4. The Morgan fingerprint density at radius 2 is 1.46 bits per heavy atom. The molecule has 0 saturated carbocycles. The summed E-state index contributed by atoms with van der Waals surface area (Å²) >= 11 is 0. The number of nitrogens with one attached hydrogen (secondary N) is 1. The molecule has 5 rings (SSSR count). The molecule has 0 fully saturated rings. The van der Waals surface area contributed by atoms with E-state index in [1.165, 1.54) is 34.9 Å². The predicted molar refractivity (Wildman–Crippen MR) is 138 cm³/mol. The van der Waals surface area contributed by atoms with E-state index in [2.05, 4.69) is 5.32 Å². The molecule has 1 heterocycles. The van der Waals surface area contributed by atoms with E-state index >= 15 is 0 Å². The van der Waals surface area contributed by atoms with Crippen molar-refractivity contribution in [2.24, 2.45) is 0 Å². The third-order valence-electron chi connectivity index (χ3n) is 6.02. The highest BCUT2D eigenvalue weighted by Crippen LogP contribution is 2.15. The summed E-state index contributed by atoms with van der Waals surface area (Å²) < 4.78 is 29.9. The first-order valence-electron chi connectivity index (χ1n) is 11.5. The highest BCUT2D eigenvalue weighted by atomic mass is 19.1. The standard InChI is InChI=1S/C29H21F2N3O3/c30-21-11-13-22(14-12-21)32-27(35)17-19-9-15-23(16-10-19)34-28(36)24-6-2-4-8-26(24)33(29(34)37)18-20-5-1-3-7-25(20)31/h1-16H,17-18H2,(H,32,35). The number of amides is 1. The second kappa shape index (κ2) is 10.0. The first-order chi connectivity index (χ1) is 17.9. The Balaban J connectivity index is 1.48. The zero-order valence-corrected chi connectivity index (χ0v) is 19.5. The van der Waals surface area contributed by atoms with Crippen LogP contribution in [0.3, 0.4) is 0 Å². The molecule has 0 spiro atoms. The van der Waals surface area contributed by atoms with Crippen molar-refractivity contribution in [1.82, 2.24) is 9.13 Å². The molecule has 0 saturated heterocycles. The van der Waals surface area contributed by atoms with E-state index in [9.17, 15) is 23.2 Å². The maximum Gasteiger partial charge on any atom is 0.336 e. The maximum absolute atomic E-state index is 14.4. The normalized spacial score (nSPS) is 11.0. The molecule has 1 aromatic heterocycles. The van der Waals surface area contributed by atoms with Gasteiger partial charge < -0.3 is 5.32 Å². The minimum absolute atomic E-state index is 0.0434. The van der Waals surface area contributed by atoms with Crippen molar-refractivity contribution in [3.8, 4) is 5.69 Å². The van der Waals surface area contributed by atoms with E-state index in [-0.39, 0.29) is 18.9 Å². The highest BCUT2D eigenvalue weighted by molar-refractivity contribution is 5.92. The Hall–Kier alpha value is -4.85. The first kappa shape index (κ1) is 23.9. The monoisotopic (exact) mass is 497 g/mol. The Bertz CT molecular complexity index is 1720. The fourth-order valence-corrected chi connectivity index (χ4v) is 4.19. The largest absolute Gasteiger partial charge is 0.336 e. The van der Waals surface area contributed by atoms with Crippen molar-refractivity contribution in [1.29, 1.82) is 0 Å². The van der Waals surface area contributed by atoms with Crippen LogP contribution in [-0.4, -0.2) is 15.0 Å². The minimum Gasteiger partial charge on any atom is -0.326 e. The number of rotatable bonds is 6. The Morgan fingerprint density at radius 1 is 0.784 bits per heavy atom. The summed E-state index contributed by atoms with van der Waals surface area (Å²) in [5, 5.41) is 3.01. The second-order valence-corrected chi connectivity index (χ2v) is 8.52. The molecule has 0 atom stereocenters. The van der Waals surface area contributed by atoms with Gasteiger partial charge in [-0.25, -0.2) is 18.1 Å². The van der Waals surface area contributed by atoms with Gasteiger partial charge in [-0.15, -0.1) is 0 Å². The molecular formula is C29H21F2N3O3. The topological polar surface area (TPSA) is 73.1 Å². The van der Waals surface area contributed by atoms with Gasteiger partial charge >= 0.3 is 5.69 Å². The number of hydrogen-bond donors (Lipinski definition) is 1. The van der Waals surface area contributed by atoms with Gasteiger partial charge in [-0.1, -0.05) is 42.5 Å². The number of halogens is 2. The van der Waals surface area contributed by atoms with Crippen molar-refractivity contribution in [2.45, 2.75) is 13.0 Å². The molecule has 0 aliphatic carbocycles. The Kier molecular flexibility index (Phi) is 6.47. The summed E-state index contributed by atoms with van der Waals surface area (Å²) in [7, 11) is 0. The van der Waals surface area contributed by atoms with Crippen LogP contribution in [-0.2, 0) is 17.8 Å². The van der Waals surface area contributed by atoms with Gasteiger partial charge in [0.2, 0.25) is 5.91 Å². The van der Waals surface area contributed by atoms with Crippen LogP contribution in [0.15, 0.2) is 107 Å². The lowest BCUT2D eigenvalue weighted by molar-refractivity contribution is -0.115. The third kappa shape index (κ3) is 4.95. The van der Waals surface area contributed by atoms with Gasteiger partial charge in [0, 0.05) is 11.3 Å². The highest BCUT2D eigenvalue weighted by Gasteiger charge is 2.16. The van der Waals surface area contributed by atoms with Crippen LogP contribution >= 0.6 is 0 Å². The van der Waals surface area contributed by atoms with Gasteiger partial charge in [0.1, 0.15) is 11.6 Å². The molecule has 0 unspecified atom stereocenters. The molecular weight excluding hydrogens is 476 g/mol. The van der Waals surface area contributed by atoms with Gasteiger partial charge in [0.25, 0.3) is 5.56 Å². The first-order valence-corrected chi connectivity index (χ1v) is 11.5. The smallest absolute Gasteiger partial charge is 0.326 e.